The largest absolute Gasteiger partial charge is 0.496 e. The van der Waals surface area contributed by atoms with Gasteiger partial charge in [0.2, 0.25) is 0 Å². The monoisotopic (exact) mass is 448 g/mol. The highest BCUT2D eigenvalue weighted by Gasteiger charge is 2.25. The maximum Gasteiger partial charge on any atom is 0.259 e. The lowest BCUT2D eigenvalue weighted by Crippen LogP contribution is -2.15. The van der Waals surface area contributed by atoms with Crippen molar-refractivity contribution in [1.29, 1.82) is 0 Å². The quantitative estimate of drug-likeness (QED) is 0.411. The van der Waals surface area contributed by atoms with Crippen molar-refractivity contribution in [2.24, 2.45) is 0 Å². The Morgan fingerprint density at radius 2 is 1.84 bits per heavy atom. The third-order valence-corrected chi connectivity index (χ3v) is 6.29. The van der Waals surface area contributed by atoms with Crippen molar-refractivity contribution in [2.45, 2.75) is 19.6 Å². The van der Waals surface area contributed by atoms with E-state index < -0.39 is 6.10 Å². The number of carbonyl (C=O) groups excluding carboxylic acids is 1. The number of aliphatic hydroxyl groups excluding tert-OH is 1. The number of methoxy groups -OCH3 is 2. The van der Waals surface area contributed by atoms with Gasteiger partial charge in [-0.15, -0.1) is 11.3 Å². The normalized spacial score (nSPS) is 12.0. The van der Waals surface area contributed by atoms with Crippen LogP contribution in [0.2, 0.25) is 0 Å². The standard InChI is InChI=1S/C25H24N2O4S/c1-15-13-17(14-30-2)20-21(27-24(29)18-11-7-8-12-19(18)31-3)23(32-25(20)26-15)22(28)16-9-5-4-6-10-16/h4-13,22,28H,14H2,1-3H3,(H,27,29)/t22-/m1/s1. The zero-order valence-electron chi connectivity index (χ0n) is 18.1. The van der Waals surface area contributed by atoms with E-state index in [0.29, 0.717) is 28.5 Å². The zero-order valence-corrected chi connectivity index (χ0v) is 18.9. The van der Waals surface area contributed by atoms with Gasteiger partial charge in [-0.25, -0.2) is 4.98 Å². The van der Waals surface area contributed by atoms with Gasteiger partial charge in [0.25, 0.3) is 5.91 Å². The summed E-state index contributed by atoms with van der Waals surface area (Å²) in [5, 5.41) is 15.0. The van der Waals surface area contributed by atoms with Crippen LogP contribution in [0.1, 0.15) is 38.2 Å². The second-order valence-corrected chi connectivity index (χ2v) is 8.38. The fraction of sp³-hybridized carbons (Fsp3) is 0.200. The minimum absolute atomic E-state index is 0.326. The zero-order chi connectivity index (χ0) is 22.7. The van der Waals surface area contributed by atoms with E-state index in [4.69, 9.17) is 9.47 Å². The van der Waals surface area contributed by atoms with Crippen molar-refractivity contribution in [3.8, 4) is 5.75 Å². The molecule has 4 rings (SSSR count). The number of aromatic nitrogens is 1. The van der Waals surface area contributed by atoms with Crippen molar-refractivity contribution in [3.63, 3.8) is 0 Å². The van der Waals surface area contributed by atoms with Gasteiger partial charge in [-0.05, 0) is 36.2 Å². The summed E-state index contributed by atoms with van der Waals surface area (Å²) in [7, 11) is 3.15. The van der Waals surface area contributed by atoms with Gasteiger partial charge in [0.05, 0.1) is 29.8 Å². The molecular weight excluding hydrogens is 424 g/mol. The van der Waals surface area contributed by atoms with E-state index in [1.807, 2.05) is 49.4 Å². The molecule has 0 saturated heterocycles. The number of nitrogens with one attached hydrogen (secondary N) is 1. The van der Waals surface area contributed by atoms with Crippen LogP contribution in [0.25, 0.3) is 10.2 Å². The number of benzene rings is 2. The number of aryl methyl sites for hydroxylation is 1. The van der Waals surface area contributed by atoms with E-state index in [0.717, 1.165) is 27.0 Å². The molecule has 1 amide bonds. The van der Waals surface area contributed by atoms with Crippen LogP contribution in [0.4, 0.5) is 5.69 Å². The van der Waals surface area contributed by atoms with E-state index in [1.54, 1.807) is 25.3 Å². The summed E-state index contributed by atoms with van der Waals surface area (Å²) >= 11 is 1.37. The SMILES string of the molecule is COCc1cc(C)nc2sc([C@H](O)c3ccccc3)c(NC(=O)c3ccccc3OC)c12. The van der Waals surface area contributed by atoms with Gasteiger partial charge in [-0.1, -0.05) is 42.5 Å². The summed E-state index contributed by atoms with van der Waals surface area (Å²) in [6.45, 7) is 2.27. The second kappa shape index (κ2) is 9.48. The molecule has 2 N–H and O–H groups in total. The first kappa shape index (κ1) is 22.0. The van der Waals surface area contributed by atoms with E-state index in [1.165, 1.54) is 18.4 Å². The molecule has 164 valence electrons. The van der Waals surface area contributed by atoms with Crippen LogP contribution < -0.4 is 10.1 Å². The summed E-state index contributed by atoms with van der Waals surface area (Å²) in [5.74, 6) is 0.147. The second-order valence-electron chi connectivity index (χ2n) is 7.34. The Morgan fingerprint density at radius 1 is 1.12 bits per heavy atom. The van der Waals surface area contributed by atoms with Crippen LogP contribution >= 0.6 is 11.3 Å². The van der Waals surface area contributed by atoms with Gasteiger partial charge in [0, 0.05) is 18.2 Å². The van der Waals surface area contributed by atoms with Gasteiger partial charge in [0.1, 0.15) is 16.7 Å². The Morgan fingerprint density at radius 3 is 2.56 bits per heavy atom. The summed E-state index contributed by atoms with van der Waals surface area (Å²) < 4.78 is 10.8. The smallest absolute Gasteiger partial charge is 0.259 e. The molecule has 0 radical (unpaired) electrons. The third kappa shape index (κ3) is 4.23. The molecule has 7 heteroatoms. The topological polar surface area (TPSA) is 80.7 Å². The molecule has 2 heterocycles. The minimum Gasteiger partial charge on any atom is -0.496 e. The molecule has 4 aromatic rings. The maximum atomic E-state index is 13.3. The van der Waals surface area contributed by atoms with Crippen LogP contribution in [0.3, 0.4) is 0 Å². The van der Waals surface area contributed by atoms with E-state index in [-0.39, 0.29) is 5.91 Å². The van der Waals surface area contributed by atoms with Crippen molar-refractivity contribution in [1.82, 2.24) is 4.98 Å². The third-order valence-electron chi connectivity index (χ3n) is 5.15. The summed E-state index contributed by atoms with van der Waals surface area (Å²) in [5.41, 5.74) is 3.42. The summed E-state index contributed by atoms with van der Waals surface area (Å²) in [4.78, 5) is 19.3. The number of anilines is 1. The summed E-state index contributed by atoms with van der Waals surface area (Å²) in [6, 6.07) is 18.3. The molecule has 0 spiro atoms. The molecule has 6 nitrogen and oxygen atoms in total. The van der Waals surface area contributed by atoms with Crippen LogP contribution in [0, 0.1) is 6.92 Å². The minimum atomic E-state index is -0.918. The Kier molecular flexibility index (Phi) is 6.50. The lowest BCUT2D eigenvalue weighted by atomic mass is 10.0. The number of rotatable bonds is 7. The van der Waals surface area contributed by atoms with Gasteiger partial charge in [0.15, 0.2) is 0 Å². The molecule has 0 unspecified atom stereocenters. The molecule has 2 aromatic heterocycles. The van der Waals surface area contributed by atoms with Gasteiger partial charge >= 0.3 is 0 Å². The molecule has 0 bridgehead atoms. The fourth-order valence-corrected chi connectivity index (χ4v) is 4.95. The van der Waals surface area contributed by atoms with Crippen molar-refractivity contribution < 1.29 is 19.4 Å². The van der Waals surface area contributed by atoms with Crippen LogP contribution in [0.15, 0.2) is 60.7 Å². The number of thiophene rings is 1. The maximum absolute atomic E-state index is 13.3. The number of ether oxygens (including phenoxy) is 2. The molecule has 0 aliphatic heterocycles. The first-order valence-electron chi connectivity index (χ1n) is 10.1. The average molecular weight is 449 g/mol. The van der Waals surface area contributed by atoms with Crippen molar-refractivity contribution in [3.05, 3.63) is 87.9 Å². The molecule has 1 atom stereocenters. The highest BCUT2D eigenvalue weighted by molar-refractivity contribution is 7.19. The molecule has 32 heavy (non-hydrogen) atoms. The molecule has 0 fully saturated rings. The highest BCUT2D eigenvalue weighted by Crippen LogP contribution is 2.43. The first-order valence-corrected chi connectivity index (χ1v) is 10.9. The average Bonchev–Trinajstić information content (AvgIpc) is 3.17. The van der Waals surface area contributed by atoms with Crippen molar-refractivity contribution >= 4 is 33.1 Å². The molecule has 0 aliphatic carbocycles. The van der Waals surface area contributed by atoms with Crippen LogP contribution in [-0.4, -0.2) is 30.2 Å². The Bertz CT molecular complexity index is 1250. The first-order chi connectivity index (χ1) is 15.5. The number of nitrogens with zero attached hydrogens (tertiary/aromatic N) is 1. The summed E-state index contributed by atoms with van der Waals surface area (Å²) in [6.07, 6.45) is -0.918. The van der Waals surface area contributed by atoms with Gasteiger partial charge in [-0.3, -0.25) is 4.79 Å². The van der Waals surface area contributed by atoms with E-state index in [2.05, 4.69) is 10.3 Å². The predicted octanol–water partition coefficient (Wildman–Crippen LogP) is 5.09. The Hall–Kier alpha value is -3.26. The number of para-hydroxylation sites is 1. The molecule has 0 saturated carbocycles. The number of hydrogen-bond acceptors (Lipinski definition) is 6. The number of carbonyl (C=O) groups is 1. The lowest BCUT2D eigenvalue weighted by molar-refractivity contribution is 0.102. The number of hydrogen-bond donors (Lipinski definition) is 2. The molecule has 0 aliphatic rings. The van der Waals surface area contributed by atoms with Crippen LogP contribution in [-0.2, 0) is 11.3 Å². The highest BCUT2D eigenvalue weighted by atomic mass is 32.1. The fourth-order valence-electron chi connectivity index (χ4n) is 3.72. The molecule has 2 aromatic carbocycles. The Labute approximate surface area is 190 Å². The van der Waals surface area contributed by atoms with Crippen LogP contribution in [0.5, 0.6) is 5.75 Å². The number of amides is 1. The number of fused-ring (bicyclic) bond motifs is 1. The van der Waals surface area contributed by atoms with E-state index in [9.17, 15) is 9.90 Å². The van der Waals surface area contributed by atoms with Crippen molar-refractivity contribution in [2.75, 3.05) is 19.5 Å². The van der Waals surface area contributed by atoms with E-state index >= 15 is 0 Å². The molecular formula is C25H24N2O4S. The Balaban J connectivity index is 1.88. The van der Waals surface area contributed by atoms with Gasteiger partial charge in [-0.2, -0.15) is 0 Å². The predicted molar refractivity (Wildman–Crippen MR) is 127 cm³/mol. The number of pyridine rings is 1. The number of aliphatic hydroxyl groups is 1. The lowest BCUT2D eigenvalue weighted by Gasteiger charge is -2.15. The van der Waals surface area contributed by atoms with Gasteiger partial charge < -0.3 is 19.9 Å².